The van der Waals surface area contributed by atoms with Crippen LogP contribution in [0.15, 0.2) is 30.6 Å². The third-order valence-electron chi connectivity index (χ3n) is 3.21. The zero-order valence-electron chi connectivity index (χ0n) is 11.9. The number of aliphatic hydroxyl groups excluding tert-OH is 1. The van der Waals surface area contributed by atoms with E-state index in [-0.39, 0.29) is 12.4 Å². The molecule has 23 heavy (non-hydrogen) atoms. The van der Waals surface area contributed by atoms with Crippen LogP contribution >= 0.6 is 0 Å². The number of nitrogens with zero attached hydrogens (tertiary/aromatic N) is 4. The molecule has 120 valence electrons. The molecule has 0 saturated carbocycles. The maximum atomic E-state index is 12.2. The highest BCUT2D eigenvalue weighted by Crippen LogP contribution is 2.29. The van der Waals surface area contributed by atoms with Crippen LogP contribution in [0.3, 0.4) is 0 Å². The monoisotopic (exact) mass is 324 g/mol. The van der Waals surface area contributed by atoms with Crippen molar-refractivity contribution in [1.82, 2.24) is 19.6 Å². The van der Waals surface area contributed by atoms with Crippen molar-refractivity contribution >= 4 is 5.65 Å². The van der Waals surface area contributed by atoms with Gasteiger partial charge < -0.3 is 9.84 Å². The van der Waals surface area contributed by atoms with E-state index in [9.17, 15) is 18.3 Å². The van der Waals surface area contributed by atoms with E-state index < -0.39 is 6.36 Å². The standard InChI is InChI=1S/C14H11F3N4O2/c1-8-4-9(23-14(15,16)17)2-3-10(8)11-6-21-12(5-18-11)19-20-13(21)7-22/h2-6,22H,7H2,1H3. The van der Waals surface area contributed by atoms with Crippen LogP contribution in [0, 0.1) is 6.92 Å². The Bertz CT molecular complexity index is 861. The fourth-order valence-electron chi connectivity index (χ4n) is 2.22. The van der Waals surface area contributed by atoms with Crippen LogP contribution in [0.1, 0.15) is 11.4 Å². The number of hydrogen-bond acceptors (Lipinski definition) is 5. The van der Waals surface area contributed by atoms with Gasteiger partial charge in [-0.2, -0.15) is 0 Å². The van der Waals surface area contributed by atoms with Crippen LogP contribution in [0.25, 0.3) is 16.9 Å². The first kappa shape index (κ1) is 15.2. The SMILES string of the molecule is Cc1cc(OC(F)(F)F)ccc1-c1cn2c(CO)nnc2cn1. The van der Waals surface area contributed by atoms with E-state index in [1.54, 1.807) is 17.5 Å². The van der Waals surface area contributed by atoms with E-state index in [1.807, 2.05) is 0 Å². The van der Waals surface area contributed by atoms with Crippen molar-refractivity contribution in [3.05, 3.63) is 42.0 Å². The number of alkyl halides is 3. The quantitative estimate of drug-likeness (QED) is 0.801. The first-order valence-electron chi connectivity index (χ1n) is 6.54. The molecule has 0 aliphatic rings. The Balaban J connectivity index is 2.01. The van der Waals surface area contributed by atoms with Crippen molar-refractivity contribution in [1.29, 1.82) is 0 Å². The zero-order chi connectivity index (χ0) is 16.6. The minimum atomic E-state index is -4.73. The Labute approximate surface area is 128 Å². The summed E-state index contributed by atoms with van der Waals surface area (Å²) in [6.45, 7) is 1.37. The van der Waals surface area contributed by atoms with Crippen molar-refractivity contribution in [3.63, 3.8) is 0 Å². The van der Waals surface area contributed by atoms with E-state index in [2.05, 4.69) is 19.9 Å². The van der Waals surface area contributed by atoms with Crippen molar-refractivity contribution in [2.24, 2.45) is 0 Å². The largest absolute Gasteiger partial charge is 0.573 e. The van der Waals surface area contributed by atoms with Crippen LogP contribution in [0.4, 0.5) is 13.2 Å². The molecule has 0 aliphatic heterocycles. The summed E-state index contributed by atoms with van der Waals surface area (Å²) in [4.78, 5) is 4.22. The summed E-state index contributed by atoms with van der Waals surface area (Å²) in [5.41, 5.74) is 2.19. The molecule has 0 aliphatic carbocycles. The van der Waals surface area contributed by atoms with E-state index in [1.165, 1.54) is 24.4 Å². The molecule has 3 aromatic rings. The number of aryl methyl sites for hydroxylation is 1. The van der Waals surface area contributed by atoms with Gasteiger partial charge in [-0.05, 0) is 30.7 Å². The second-order valence-electron chi connectivity index (χ2n) is 4.80. The van der Waals surface area contributed by atoms with Crippen molar-refractivity contribution in [3.8, 4) is 17.0 Å². The highest BCUT2D eigenvalue weighted by Gasteiger charge is 2.31. The van der Waals surface area contributed by atoms with Gasteiger partial charge in [0.05, 0.1) is 11.9 Å². The number of hydrogen-bond donors (Lipinski definition) is 1. The molecule has 6 nitrogen and oxygen atoms in total. The molecule has 1 aromatic carbocycles. The molecule has 0 amide bonds. The Hall–Kier alpha value is -2.68. The molecule has 0 spiro atoms. The summed E-state index contributed by atoms with van der Waals surface area (Å²) in [6, 6.07) is 4.00. The van der Waals surface area contributed by atoms with E-state index >= 15 is 0 Å². The molecule has 0 saturated heterocycles. The van der Waals surface area contributed by atoms with Crippen LogP contribution < -0.4 is 4.74 Å². The van der Waals surface area contributed by atoms with Gasteiger partial charge in [-0.15, -0.1) is 23.4 Å². The first-order chi connectivity index (χ1) is 10.9. The fraction of sp³-hybridized carbons (Fsp3) is 0.214. The predicted molar refractivity (Wildman–Crippen MR) is 73.6 cm³/mol. The van der Waals surface area contributed by atoms with Crippen molar-refractivity contribution in [2.45, 2.75) is 19.9 Å². The fourth-order valence-corrected chi connectivity index (χ4v) is 2.22. The second-order valence-corrected chi connectivity index (χ2v) is 4.80. The topological polar surface area (TPSA) is 72.5 Å². The van der Waals surface area contributed by atoms with Crippen LogP contribution in [0.5, 0.6) is 5.75 Å². The highest BCUT2D eigenvalue weighted by atomic mass is 19.4. The summed E-state index contributed by atoms with van der Waals surface area (Å²) < 4.78 is 42.2. The zero-order valence-corrected chi connectivity index (χ0v) is 11.9. The van der Waals surface area contributed by atoms with Gasteiger partial charge >= 0.3 is 6.36 Å². The molecule has 0 radical (unpaired) electrons. The Morgan fingerprint density at radius 1 is 1.26 bits per heavy atom. The number of ether oxygens (including phenoxy) is 1. The number of benzene rings is 1. The van der Waals surface area contributed by atoms with E-state index in [0.717, 1.165) is 0 Å². The lowest BCUT2D eigenvalue weighted by Gasteiger charge is -2.11. The lowest BCUT2D eigenvalue weighted by molar-refractivity contribution is -0.274. The van der Waals surface area contributed by atoms with E-state index in [4.69, 9.17) is 0 Å². The summed E-state index contributed by atoms with van der Waals surface area (Å²) in [5.74, 6) is 0.0542. The third kappa shape index (κ3) is 3.09. The molecule has 2 aromatic heterocycles. The molecule has 3 rings (SSSR count). The van der Waals surface area contributed by atoms with Crippen molar-refractivity contribution < 1.29 is 23.0 Å². The van der Waals surface area contributed by atoms with Crippen LogP contribution in [-0.4, -0.2) is 31.1 Å². The molecule has 0 fully saturated rings. The number of fused-ring (bicyclic) bond motifs is 1. The lowest BCUT2D eigenvalue weighted by atomic mass is 10.1. The average Bonchev–Trinajstić information content (AvgIpc) is 2.87. The molecule has 0 bridgehead atoms. The van der Waals surface area contributed by atoms with Gasteiger partial charge in [-0.3, -0.25) is 9.38 Å². The molecule has 0 atom stereocenters. The highest BCUT2D eigenvalue weighted by molar-refractivity contribution is 5.65. The number of aliphatic hydroxyl groups is 1. The number of aromatic nitrogens is 4. The number of halogens is 3. The predicted octanol–water partition coefficient (Wildman–Crippen LogP) is 2.49. The summed E-state index contributed by atoms with van der Waals surface area (Å²) in [5, 5.41) is 16.9. The van der Waals surface area contributed by atoms with Gasteiger partial charge in [-0.25, -0.2) is 0 Å². The van der Waals surface area contributed by atoms with Gasteiger partial charge in [0.2, 0.25) is 0 Å². The molecule has 1 N–H and O–H groups in total. The summed E-state index contributed by atoms with van der Waals surface area (Å²) in [6.07, 6.45) is -1.64. The maximum absolute atomic E-state index is 12.2. The van der Waals surface area contributed by atoms with Gasteiger partial charge in [0, 0.05) is 11.8 Å². The minimum Gasteiger partial charge on any atom is -0.406 e. The number of rotatable bonds is 3. The second kappa shape index (κ2) is 5.51. The Morgan fingerprint density at radius 3 is 2.70 bits per heavy atom. The van der Waals surface area contributed by atoms with E-state index in [0.29, 0.717) is 28.3 Å². The van der Waals surface area contributed by atoms with Crippen molar-refractivity contribution in [2.75, 3.05) is 0 Å². The minimum absolute atomic E-state index is 0.290. The lowest BCUT2D eigenvalue weighted by Crippen LogP contribution is -2.17. The van der Waals surface area contributed by atoms with Crippen LogP contribution in [-0.2, 0) is 6.61 Å². The average molecular weight is 324 g/mol. The first-order valence-corrected chi connectivity index (χ1v) is 6.54. The maximum Gasteiger partial charge on any atom is 0.573 e. The molecule has 0 unspecified atom stereocenters. The molecular weight excluding hydrogens is 313 g/mol. The van der Waals surface area contributed by atoms with Crippen LogP contribution in [0.2, 0.25) is 0 Å². The van der Waals surface area contributed by atoms with Gasteiger partial charge in [0.15, 0.2) is 11.5 Å². The molecular formula is C14H11F3N4O2. The third-order valence-corrected chi connectivity index (χ3v) is 3.21. The Kier molecular flexibility index (Phi) is 3.64. The normalized spacial score (nSPS) is 11.9. The molecule has 2 heterocycles. The summed E-state index contributed by atoms with van der Waals surface area (Å²) in [7, 11) is 0. The smallest absolute Gasteiger partial charge is 0.406 e. The van der Waals surface area contributed by atoms with Gasteiger partial charge in [0.1, 0.15) is 12.4 Å². The Morgan fingerprint density at radius 2 is 2.04 bits per heavy atom. The summed E-state index contributed by atoms with van der Waals surface area (Å²) >= 11 is 0. The van der Waals surface area contributed by atoms with Gasteiger partial charge in [-0.1, -0.05) is 0 Å². The van der Waals surface area contributed by atoms with Gasteiger partial charge in [0.25, 0.3) is 0 Å². The molecule has 9 heteroatoms.